The van der Waals surface area contributed by atoms with Crippen molar-refractivity contribution < 1.29 is 9.90 Å². The first-order valence-corrected chi connectivity index (χ1v) is 5.33. The minimum Gasteiger partial charge on any atom is -0.465 e. The van der Waals surface area contributed by atoms with Crippen molar-refractivity contribution in [2.75, 3.05) is 11.9 Å². The predicted octanol–water partition coefficient (Wildman–Crippen LogP) is 2.32. The van der Waals surface area contributed by atoms with Gasteiger partial charge in [-0.2, -0.15) is 0 Å². The molecule has 0 aliphatic heterocycles. The van der Waals surface area contributed by atoms with Gasteiger partial charge in [0.15, 0.2) is 0 Å². The molecule has 16 heavy (non-hydrogen) atoms. The van der Waals surface area contributed by atoms with Gasteiger partial charge in [0, 0.05) is 25.0 Å². The first-order valence-electron chi connectivity index (χ1n) is 4.51. The molecule has 0 saturated carbocycles. The van der Waals surface area contributed by atoms with E-state index >= 15 is 0 Å². The molecule has 0 radical (unpaired) electrons. The highest BCUT2D eigenvalue weighted by Gasteiger charge is 2.12. The fourth-order valence-electron chi connectivity index (χ4n) is 1.14. The Morgan fingerprint density at radius 2 is 2.31 bits per heavy atom. The van der Waals surface area contributed by atoms with Gasteiger partial charge in [-0.3, -0.25) is 9.88 Å². The summed E-state index contributed by atoms with van der Waals surface area (Å²) in [4.78, 5) is 20.0. The van der Waals surface area contributed by atoms with Crippen LogP contribution in [0.15, 0.2) is 30.7 Å². The van der Waals surface area contributed by atoms with Gasteiger partial charge >= 0.3 is 6.09 Å². The lowest BCUT2D eigenvalue weighted by Gasteiger charge is -2.07. The van der Waals surface area contributed by atoms with Crippen molar-refractivity contribution in [3.05, 3.63) is 30.7 Å². The standard InChI is InChI=1S/C10H9N3O2S/c1-13(10(14)15)8-6-12-9(16-8)7-3-2-4-11-5-7/h2-6H,1H3,(H,14,15). The molecule has 2 aromatic rings. The van der Waals surface area contributed by atoms with E-state index < -0.39 is 6.09 Å². The van der Waals surface area contributed by atoms with E-state index in [1.807, 2.05) is 12.1 Å². The molecular weight excluding hydrogens is 226 g/mol. The third-order valence-electron chi connectivity index (χ3n) is 2.02. The van der Waals surface area contributed by atoms with Crippen molar-refractivity contribution in [2.45, 2.75) is 0 Å². The number of pyridine rings is 1. The molecule has 0 aliphatic carbocycles. The minimum atomic E-state index is -0.999. The highest BCUT2D eigenvalue weighted by atomic mass is 32.1. The molecule has 0 spiro atoms. The first kappa shape index (κ1) is 10.6. The van der Waals surface area contributed by atoms with Gasteiger partial charge in [-0.05, 0) is 12.1 Å². The van der Waals surface area contributed by atoms with Gasteiger partial charge in [0.2, 0.25) is 0 Å². The number of amides is 1. The zero-order valence-electron chi connectivity index (χ0n) is 8.49. The van der Waals surface area contributed by atoms with Crippen molar-refractivity contribution in [1.82, 2.24) is 9.97 Å². The number of aromatic nitrogens is 2. The minimum absolute atomic E-state index is 0.589. The van der Waals surface area contributed by atoms with Crippen LogP contribution in [0.3, 0.4) is 0 Å². The lowest BCUT2D eigenvalue weighted by atomic mass is 10.3. The largest absolute Gasteiger partial charge is 0.465 e. The molecule has 2 heterocycles. The van der Waals surface area contributed by atoms with Crippen LogP contribution in [-0.4, -0.2) is 28.2 Å². The van der Waals surface area contributed by atoms with Gasteiger partial charge in [0.1, 0.15) is 10.0 Å². The molecule has 6 heteroatoms. The predicted molar refractivity (Wildman–Crippen MR) is 61.8 cm³/mol. The topological polar surface area (TPSA) is 66.3 Å². The van der Waals surface area contributed by atoms with Crippen molar-refractivity contribution >= 4 is 22.4 Å². The Morgan fingerprint density at radius 3 is 2.94 bits per heavy atom. The molecule has 5 nitrogen and oxygen atoms in total. The molecule has 0 fully saturated rings. The summed E-state index contributed by atoms with van der Waals surface area (Å²) in [6, 6.07) is 3.70. The van der Waals surface area contributed by atoms with Crippen molar-refractivity contribution in [3.8, 4) is 10.6 Å². The van der Waals surface area contributed by atoms with Gasteiger partial charge in [-0.25, -0.2) is 9.78 Å². The Bertz CT molecular complexity index is 498. The van der Waals surface area contributed by atoms with Crippen LogP contribution in [0.2, 0.25) is 0 Å². The fraction of sp³-hybridized carbons (Fsp3) is 0.100. The molecular formula is C10H9N3O2S. The number of nitrogens with zero attached hydrogens (tertiary/aromatic N) is 3. The number of carboxylic acid groups (broad SMARTS) is 1. The van der Waals surface area contributed by atoms with Crippen LogP contribution in [-0.2, 0) is 0 Å². The molecule has 1 N–H and O–H groups in total. The van der Waals surface area contributed by atoms with E-state index in [-0.39, 0.29) is 0 Å². The molecule has 0 bridgehead atoms. The quantitative estimate of drug-likeness (QED) is 0.867. The summed E-state index contributed by atoms with van der Waals surface area (Å²) in [6.07, 6.45) is 3.92. The average Bonchev–Trinajstić information content (AvgIpc) is 2.78. The molecule has 0 aliphatic rings. The normalized spacial score (nSPS) is 10.1. The Labute approximate surface area is 96.0 Å². The summed E-state index contributed by atoms with van der Waals surface area (Å²) < 4.78 is 0. The van der Waals surface area contributed by atoms with Crippen LogP contribution in [0.25, 0.3) is 10.6 Å². The SMILES string of the molecule is CN(C(=O)O)c1cnc(-c2cccnc2)s1. The van der Waals surface area contributed by atoms with E-state index in [0.717, 1.165) is 15.5 Å². The van der Waals surface area contributed by atoms with E-state index in [4.69, 9.17) is 5.11 Å². The number of rotatable bonds is 2. The molecule has 1 amide bonds. The van der Waals surface area contributed by atoms with Crippen LogP contribution in [0.5, 0.6) is 0 Å². The van der Waals surface area contributed by atoms with E-state index in [2.05, 4.69) is 9.97 Å². The Morgan fingerprint density at radius 1 is 1.50 bits per heavy atom. The van der Waals surface area contributed by atoms with Gasteiger partial charge < -0.3 is 5.11 Å². The molecule has 2 aromatic heterocycles. The Kier molecular flexibility index (Phi) is 2.82. The number of anilines is 1. The second-order valence-electron chi connectivity index (χ2n) is 3.09. The summed E-state index contributed by atoms with van der Waals surface area (Å²) in [5.74, 6) is 0. The summed E-state index contributed by atoms with van der Waals surface area (Å²) in [5, 5.41) is 10.2. The van der Waals surface area contributed by atoms with E-state index in [0.29, 0.717) is 5.00 Å². The van der Waals surface area contributed by atoms with Gasteiger partial charge in [0.25, 0.3) is 0 Å². The van der Waals surface area contributed by atoms with Crippen molar-refractivity contribution in [3.63, 3.8) is 0 Å². The summed E-state index contributed by atoms with van der Waals surface area (Å²) in [5.41, 5.74) is 0.887. The number of carbonyl (C=O) groups is 1. The van der Waals surface area contributed by atoms with Gasteiger partial charge in [-0.1, -0.05) is 11.3 Å². The maximum absolute atomic E-state index is 10.7. The van der Waals surface area contributed by atoms with Gasteiger partial charge in [-0.15, -0.1) is 0 Å². The molecule has 0 atom stereocenters. The molecule has 82 valence electrons. The second-order valence-corrected chi connectivity index (χ2v) is 4.10. The molecule has 2 rings (SSSR count). The molecule has 0 unspecified atom stereocenters. The van der Waals surface area contributed by atoms with E-state index in [1.165, 1.54) is 18.4 Å². The lowest BCUT2D eigenvalue weighted by Crippen LogP contribution is -2.22. The summed E-state index contributed by atoms with van der Waals surface area (Å²) in [7, 11) is 1.49. The Hall–Kier alpha value is -1.95. The molecule has 0 aromatic carbocycles. The second kappa shape index (κ2) is 4.28. The summed E-state index contributed by atoms with van der Waals surface area (Å²) >= 11 is 1.32. The van der Waals surface area contributed by atoms with Gasteiger partial charge in [0.05, 0.1) is 6.20 Å². The maximum atomic E-state index is 10.7. The Balaban J connectivity index is 2.30. The molecule has 0 saturated heterocycles. The van der Waals surface area contributed by atoms with E-state index in [9.17, 15) is 4.79 Å². The van der Waals surface area contributed by atoms with Crippen molar-refractivity contribution in [2.24, 2.45) is 0 Å². The van der Waals surface area contributed by atoms with Crippen LogP contribution in [0.1, 0.15) is 0 Å². The average molecular weight is 235 g/mol. The third kappa shape index (κ3) is 2.01. The van der Waals surface area contributed by atoms with Crippen LogP contribution in [0.4, 0.5) is 9.80 Å². The highest BCUT2D eigenvalue weighted by molar-refractivity contribution is 7.19. The number of hydrogen-bond acceptors (Lipinski definition) is 4. The maximum Gasteiger partial charge on any atom is 0.412 e. The number of thiazole rings is 1. The van der Waals surface area contributed by atoms with Crippen LogP contribution in [0, 0.1) is 0 Å². The van der Waals surface area contributed by atoms with E-state index in [1.54, 1.807) is 18.6 Å². The zero-order chi connectivity index (χ0) is 11.5. The first-order chi connectivity index (χ1) is 7.68. The fourth-order valence-corrected chi connectivity index (χ4v) is 2.00. The van der Waals surface area contributed by atoms with Crippen molar-refractivity contribution in [1.29, 1.82) is 0 Å². The summed E-state index contributed by atoms with van der Waals surface area (Å²) in [6.45, 7) is 0. The van der Waals surface area contributed by atoms with Crippen LogP contribution >= 0.6 is 11.3 Å². The highest BCUT2D eigenvalue weighted by Crippen LogP contribution is 2.29. The monoisotopic (exact) mass is 235 g/mol. The zero-order valence-corrected chi connectivity index (χ0v) is 9.31. The smallest absolute Gasteiger partial charge is 0.412 e. The van der Waals surface area contributed by atoms with Crippen LogP contribution < -0.4 is 4.90 Å². The third-order valence-corrected chi connectivity index (χ3v) is 3.14. The lowest BCUT2D eigenvalue weighted by molar-refractivity contribution is 0.203. The number of hydrogen-bond donors (Lipinski definition) is 1.